The Morgan fingerprint density at radius 3 is 3.11 bits per heavy atom. The molecule has 1 aromatic heterocycles. The van der Waals surface area contributed by atoms with Crippen molar-refractivity contribution < 1.29 is 4.92 Å². The van der Waals surface area contributed by atoms with Crippen LogP contribution in [0.2, 0.25) is 0 Å². The molecular weight excluding hydrogens is 234 g/mol. The van der Waals surface area contributed by atoms with Crippen LogP contribution in [0.5, 0.6) is 0 Å². The zero-order chi connectivity index (χ0) is 12.7. The van der Waals surface area contributed by atoms with Gasteiger partial charge in [0.2, 0.25) is 5.82 Å². The molecule has 2 aliphatic rings. The fourth-order valence-electron chi connectivity index (χ4n) is 3.04. The number of nitrogens with one attached hydrogen (secondary N) is 1. The summed E-state index contributed by atoms with van der Waals surface area (Å²) >= 11 is 0. The molecule has 98 valence electrons. The van der Waals surface area contributed by atoms with Gasteiger partial charge in [0.25, 0.3) is 0 Å². The van der Waals surface area contributed by atoms with E-state index in [2.05, 4.69) is 10.4 Å². The van der Waals surface area contributed by atoms with E-state index < -0.39 is 0 Å². The Morgan fingerprint density at radius 1 is 1.56 bits per heavy atom. The molecule has 0 radical (unpaired) electrons. The summed E-state index contributed by atoms with van der Waals surface area (Å²) in [4.78, 5) is 12.7. The van der Waals surface area contributed by atoms with Crippen molar-refractivity contribution in [3.8, 4) is 0 Å². The van der Waals surface area contributed by atoms with Crippen LogP contribution in [0.4, 0.5) is 11.5 Å². The number of rotatable bonds is 2. The summed E-state index contributed by atoms with van der Waals surface area (Å²) in [5.74, 6) is 1.11. The van der Waals surface area contributed by atoms with Gasteiger partial charge in [0.05, 0.1) is 4.92 Å². The van der Waals surface area contributed by atoms with Gasteiger partial charge in [0, 0.05) is 26.2 Å². The van der Waals surface area contributed by atoms with Crippen LogP contribution in [0.3, 0.4) is 0 Å². The SMILES string of the molecule is Cn1cc([N+](=O)[O-])c(N2CC3CCCNC3C2)n1. The normalized spacial score (nSPS) is 27.3. The van der Waals surface area contributed by atoms with Crippen LogP contribution in [0.15, 0.2) is 6.20 Å². The molecule has 2 unspecified atom stereocenters. The molecule has 2 aliphatic heterocycles. The molecule has 18 heavy (non-hydrogen) atoms. The Bertz CT molecular complexity index is 458. The van der Waals surface area contributed by atoms with Crippen LogP contribution in [0, 0.1) is 16.0 Å². The van der Waals surface area contributed by atoms with Crippen LogP contribution in [0.1, 0.15) is 12.8 Å². The Labute approximate surface area is 105 Å². The number of hydrogen-bond donors (Lipinski definition) is 1. The van der Waals surface area contributed by atoms with E-state index in [0.717, 1.165) is 19.6 Å². The largest absolute Gasteiger partial charge is 0.348 e. The molecule has 7 heteroatoms. The van der Waals surface area contributed by atoms with E-state index in [1.54, 1.807) is 7.05 Å². The highest BCUT2D eigenvalue weighted by molar-refractivity contribution is 5.57. The summed E-state index contributed by atoms with van der Waals surface area (Å²) in [5.41, 5.74) is 0.108. The Kier molecular flexibility index (Phi) is 2.70. The number of aryl methyl sites for hydroxylation is 1. The average Bonchev–Trinajstić information content (AvgIpc) is 2.91. The third kappa shape index (κ3) is 1.84. The van der Waals surface area contributed by atoms with Gasteiger partial charge in [-0.2, -0.15) is 0 Å². The highest BCUT2D eigenvalue weighted by Crippen LogP contribution is 2.33. The summed E-state index contributed by atoms with van der Waals surface area (Å²) in [6, 6.07) is 0.459. The number of aromatic nitrogens is 2. The summed E-state index contributed by atoms with van der Waals surface area (Å²) in [7, 11) is 1.72. The van der Waals surface area contributed by atoms with E-state index >= 15 is 0 Å². The van der Waals surface area contributed by atoms with Crippen molar-refractivity contribution in [2.75, 3.05) is 24.5 Å². The highest BCUT2D eigenvalue weighted by Gasteiger charge is 2.37. The summed E-state index contributed by atoms with van der Waals surface area (Å²) in [6.45, 7) is 2.75. The van der Waals surface area contributed by atoms with E-state index in [9.17, 15) is 10.1 Å². The van der Waals surface area contributed by atoms with E-state index in [-0.39, 0.29) is 10.6 Å². The van der Waals surface area contributed by atoms with E-state index in [4.69, 9.17) is 0 Å². The monoisotopic (exact) mass is 251 g/mol. The molecular formula is C11H17N5O2. The predicted molar refractivity (Wildman–Crippen MR) is 66.6 cm³/mol. The minimum Gasteiger partial charge on any atom is -0.348 e. The number of nitrogens with zero attached hydrogens (tertiary/aromatic N) is 4. The maximum absolute atomic E-state index is 11.0. The van der Waals surface area contributed by atoms with Gasteiger partial charge in [-0.25, -0.2) is 0 Å². The maximum Gasteiger partial charge on any atom is 0.330 e. The van der Waals surface area contributed by atoms with Crippen molar-refractivity contribution in [3.05, 3.63) is 16.3 Å². The molecule has 0 spiro atoms. The number of nitro groups is 1. The van der Waals surface area contributed by atoms with Gasteiger partial charge in [-0.1, -0.05) is 0 Å². The first-order valence-electron chi connectivity index (χ1n) is 6.31. The van der Waals surface area contributed by atoms with Crippen molar-refractivity contribution in [2.24, 2.45) is 13.0 Å². The van der Waals surface area contributed by atoms with Gasteiger partial charge in [0.15, 0.2) is 0 Å². The molecule has 0 aliphatic carbocycles. The number of fused-ring (bicyclic) bond motifs is 1. The third-order valence-corrected chi connectivity index (χ3v) is 3.89. The van der Waals surface area contributed by atoms with Gasteiger partial charge in [-0.3, -0.25) is 14.8 Å². The fourth-order valence-corrected chi connectivity index (χ4v) is 3.04. The summed E-state index contributed by atoms with van der Waals surface area (Å²) < 4.78 is 1.52. The number of anilines is 1. The molecule has 0 saturated carbocycles. The Morgan fingerprint density at radius 2 is 2.39 bits per heavy atom. The molecule has 0 bridgehead atoms. The van der Waals surface area contributed by atoms with Gasteiger partial charge in [-0.15, -0.1) is 5.10 Å². The quantitative estimate of drug-likeness (QED) is 0.612. The molecule has 3 heterocycles. The van der Waals surface area contributed by atoms with Crippen LogP contribution in [-0.2, 0) is 7.05 Å². The zero-order valence-electron chi connectivity index (χ0n) is 10.4. The van der Waals surface area contributed by atoms with E-state index in [0.29, 0.717) is 17.8 Å². The lowest BCUT2D eigenvalue weighted by Gasteiger charge is -2.24. The van der Waals surface area contributed by atoms with Crippen molar-refractivity contribution in [1.82, 2.24) is 15.1 Å². The molecule has 2 fully saturated rings. The third-order valence-electron chi connectivity index (χ3n) is 3.89. The first-order chi connectivity index (χ1) is 8.65. The van der Waals surface area contributed by atoms with Gasteiger partial charge >= 0.3 is 5.69 Å². The van der Waals surface area contributed by atoms with E-state index in [1.807, 2.05) is 4.90 Å². The highest BCUT2D eigenvalue weighted by atomic mass is 16.6. The standard InChI is InChI=1S/C11H17N5O2/c1-14-7-10(16(17)18)11(13-14)15-5-8-3-2-4-12-9(8)6-15/h7-9,12H,2-6H2,1H3. The van der Waals surface area contributed by atoms with Gasteiger partial charge < -0.3 is 10.2 Å². The first-order valence-corrected chi connectivity index (χ1v) is 6.31. The number of hydrogen-bond acceptors (Lipinski definition) is 5. The molecule has 1 N–H and O–H groups in total. The molecule has 3 rings (SSSR count). The lowest BCUT2D eigenvalue weighted by atomic mass is 9.94. The Balaban J connectivity index is 1.85. The molecule has 0 aromatic carbocycles. The van der Waals surface area contributed by atoms with Gasteiger partial charge in [0.1, 0.15) is 6.20 Å². The maximum atomic E-state index is 11.0. The van der Waals surface area contributed by atoms with Crippen LogP contribution in [-0.4, -0.2) is 40.4 Å². The van der Waals surface area contributed by atoms with Crippen LogP contribution >= 0.6 is 0 Å². The summed E-state index contributed by atoms with van der Waals surface area (Å²) in [6.07, 6.45) is 3.87. The van der Waals surface area contributed by atoms with Gasteiger partial charge in [-0.05, 0) is 25.3 Å². The topological polar surface area (TPSA) is 76.2 Å². The molecule has 0 amide bonds. The second-order valence-electron chi connectivity index (χ2n) is 5.14. The molecule has 2 atom stereocenters. The predicted octanol–water partition coefficient (Wildman–Crippen LogP) is 0.516. The average molecular weight is 251 g/mol. The van der Waals surface area contributed by atoms with Crippen molar-refractivity contribution in [2.45, 2.75) is 18.9 Å². The minimum atomic E-state index is -0.349. The molecule has 1 aromatic rings. The first kappa shape index (κ1) is 11.5. The molecule has 7 nitrogen and oxygen atoms in total. The second-order valence-corrected chi connectivity index (χ2v) is 5.14. The fraction of sp³-hybridized carbons (Fsp3) is 0.727. The lowest BCUT2D eigenvalue weighted by molar-refractivity contribution is -0.384. The smallest absolute Gasteiger partial charge is 0.330 e. The summed E-state index contributed by atoms with van der Waals surface area (Å²) in [5, 5.41) is 18.8. The Hall–Kier alpha value is -1.63. The minimum absolute atomic E-state index is 0.108. The molecule has 2 saturated heterocycles. The van der Waals surface area contributed by atoms with Crippen molar-refractivity contribution in [1.29, 1.82) is 0 Å². The zero-order valence-corrected chi connectivity index (χ0v) is 10.4. The van der Waals surface area contributed by atoms with Crippen molar-refractivity contribution >= 4 is 11.5 Å². The van der Waals surface area contributed by atoms with Crippen molar-refractivity contribution in [3.63, 3.8) is 0 Å². The number of piperidine rings is 1. The van der Waals surface area contributed by atoms with Crippen LogP contribution < -0.4 is 10.2 Å². The van der Waals surface area contributed by atoms with Crippen LogP contribution in [0.25, 0.3) is 0 Å². The van der Waals surface area contributed by atoms with E-state index in [1.165, 1.54) is 23.7 Å². The second kappa shape index (κ2) is 4.24. The lowest BCUT2D eigenvalue weighted by Crippen LogP contribution is -2.40.